The molecule has 0 bridgehead atoms. The molecule has 1 aliphatic rings. The van der Waals surface area contributed by atoms with Gasteiger partial charge in [-0.05, 0) is 48.0 Å². The number of imide groups is 1. The molecule has 2 heterocycles. The average Bonchev–Trinajstić information content (AvgIpc) is 3.22. The van der Waals surface area contributed by atoms with Crippen LogP contribution in [-0.2, 0) is 16.0 Å². The predicted octanol–water partition coefficient (Wildman–Crippen LogP) is 2.09. The number of thioether (sulfide) groups is 1. The molecule has 0 saturated carbocycles. The minimum Gasteiger partial charge on any atom is -0.504 e. The van der Waals surface area contributed by atoms with Gasteiger partial charge in [0.25, 0.3) is 11.1 Å². The highest BCUT2D eigenvalue weighted by molar-refractivity contribution is 8.18. The van der Waals surface area contributed by atoms with E-state index in [-0.39, 0.29) is 29.5 Å². The van der Waals surface area contributed by atoms with Crippen LogP contribution in [0.1, 0.15) is 11.3 Å². The van der Waals surface area contributed by atoms with Gasteiger partial charge >= 0.3 is 0 Å². The van der Waals surface area contributed by atoms with Crippen molar-refractivity contribution in [2.45, 2.75) is 6.42 Å². The molecule has 0 radical (unpaired) electrons. The zero-order valence-electron chi connectivity index (χ0n) is 14.0. The molecule has 1 aromatic carbocycles. The van der Waals surface area contributed by atoms with E-state index in [9.17, 15) is 24.6 Å². The fourth-order valence-electron chi connectivity index (χ4n) is 2.41. The number of hydrogen-bond donors (Lipinski definition) is 3. The van der Waals surface area contributed by atoms with Crippen molar-refractivity contribution in [3.05, 3.63) is 52.8 Å². The van der Waals surface area contributed by atoms with Crippen LogP contribution in [0.4, 0.5) is 4.79 Å². The fraction of sp³-hybridized carbons (Fsp3) is 0.167. The zero-order valence-corrected chi connectivity index (χ0v) is 14.9. The van der Waals surface area contributed by atoms with Crippen molar-refractivity contribution >= 4 is 34.9 Å². The minimum absolute atomic E-state index is 0.197. The number of carbonyl (C=O) groups is 3. The van der Waals surface area contributed by atoms with E-state index in [1.807, 2.05) is 0 Å². The normalized spacial score (nSPS) is 15.6. The van der Waals surface area contributed by atoms with E-state index in [0.29, 0.717) is 12.2 Å². The summed E-state index contributed by atoms with van der Waals surface area (Å²) in [5.74, 6) is -1.02. The number of nitrogens with one attached hydrogen (secondary N) is 1. The maximum absolute atomic E-state index is 12.3. The van der Waals surface area contributed by atoms with E-state index in [1.165, 1.54) is 24.5 Å². The predicted molar refractivity (Wildman–Crippen MR) is 97.9 cm³/mol. The van der Waals surface area contributed by atoms with Gasteiger partial charge in [-0.3, -0.25) is 19.3 Å². The van der Waals surface area contributed by atoms with Gasteiger partial charge in [0.15, 0.2) is 11.5 Å². The molecule has 0 aliphatic carbocycles. The summed E-state index contributed by atoms with van der Waals surface area (Å²) in [6.07, 6.45) is 3.33. The molecule has 1 saturated heterocycles. The van der Waals surface area contributed by atoms with Crippen molar-refractivity contribution < 1.29 is 29.0 Å². The van der Waals surface area contributed by atoms with Crippen molar-refractivity contribution in [3.8, 4) is 11.5 Å². The highest BCUT2D eigenvalue weighted by Crippen LogP contribution is 2.32. The summed E-state index contributed by atoms with van der Waals surface area (Å²) in [5, 5.41) is 20.8. The average molecular weight is 388 g/mol. The quantitative estimate of drug-likeness (QED) is 0.512. The van der Waals surface area contributed by atoms with Crippen molar-refractivity contribution in [1.29, 1.82) is 0 Å². The lowest BCUT2D eigenvalue weighted by Gasteiger charge is -2.12. The SMILES string of the molecule is O=C(CN1C(=O)S/C(=C\c2ccco2)C1=O)NCCc1ccc(O)c(O)c1. The summed E-state index contributed by atoms with van der Waals surface area (Å²) in [7, 11) is 0. The summed E-state index contributed by atoms with van der Waals surface area (Å²) in [6.45, 7) is -0.123. The van der Waals surface area contributed by atoms with Crippen LogP contribution in [-0.4, -0.2) is 45.3 Å². The fourth-order valence-corrected chi connectivity index (χ4v) is 3.23. The van der Waals surface area contributed by atoms with Crippen LogP contribution in [0, 0.1) is 0 Å². The van der Waals surface area contributed by atoms with Gasteiger partial charge < -0.3 is 19.9 Å². The third-order valence-corrected chi connectivity index (χ3v) is 4.67. The van der Waals surface area contributed by atoms with Gasteiger partial charge in [0.05, 0.1) is 11.2 Å². The Morgan fingerprint density at radius 3 is 2.74 bits per heavy atom. The lowest BCUT2D eigenvalue weighted by atomic mass is 10.1. The number of carbonyl (C=O) groups excluding carboxylic acids is 3. The number of rotatable bonds is 6. The number of nitrogens with zero attached hydrogens (tertiary/aromatic N) is 1. The first-order chi connectivity index (χ1) is 12.9. The number of amides is 3. The molecule has 8 nitrogen and oxygen atoms in total. The minimum atomic E-state index is -0.542. The standard InChI is InChI=1S/C18H16N2O6S/c21-13-4-3-11(8-14(13)22)5-6-19-16(23)10-20-17(24)15(27-18(20)25)9-12-2-1-7-26-12/h1-4,7-9,21-22H,5-6,10H2,(H,19,23)/b15-9-. The number of phenols is 2. The number of phenolic OH excluding ortho intramolecular Hbond substituents is 2. The lowest BCUT2D eigenvalue weighted by molar-refractivity contribution is -0.129. The van der Waals surface area contributed by atoms with Crippen LogP contribution in [0.2, 0.25) is 0 Å². The molecule has 3 rings (SSSR count). The summed E-state index contributed by atoms with van der Waals surface area (Å²) < 4.78 is 5.12. The molecule has 140 valence electrons. The highest BCUT2D eigenvalue weighted by Gasteiger charge is 2.36. The topological polar surface area (TPSA) is 120 Å². The van der Waals surface area contributed by atoms with E-state index in [0.717, 1.165) is 22.2 Å². The van der Waals surface area contributed by atoms with Gasteiger partial charge in [-0.15, -0.1) is 0 Å². The second kappa shape index (κ2) is 8.00. The van der Waals surface area contributed by atoms with Crippen LogP contribution >= 0.6 is 11.8 Å². The Hall–Kier alpha value is -3.20. The first-order valence-corrected chi connectivity index (χ1v) is 8.82. The molecule has 0 unspecified atom stereocenters. The molecule has 27 heavy (non-hydrogen) atoms. The molecule has 3 amide bonds. The van der Waals surface area contributed by atoms with E-state index in [4.69, 9.17) is 4.42 Å². The maximum Gasteiger partial charge on any atom is 0.294 e. The van der Waals surface area contributed by atoms with Crippen molar-refractivity contribution in [2.24, 2.45) is 0 Å². The molecule has 3 N–H and O–H groups in total. The summed E-state index contributed by atoms with van der Waals surface area (Å²) in [4.78, 5) is 37.4. The monoisotopic (exact) mass is 388 g/mol. The molecule has 9 heteroatoms. The van der Waals surface area contributed by atoms with Crippen molar-refractivity contribution in [1.82, 2.24) is 10.2 Å². The summed E-state index contributed by atoms with van der Waals surface area (Å²) in [6, 6.07) is 7.70. The van der Waals surface area contributed by atoms with Gasteiger partial charge in [0.2, 0.25) is 5.91 Å². The number of furan rings is 1. The third kappa shape index (κ3) is 4.50. The molecule has 1 aromatic heterocycles. The second-order valence-electron chi connectivity index (χ2n) is 5.71. The largest absolute Gasteiger partial charge is 0.504 e. The Balaban J connectivity index is 1.52. The lowest BCUT2D eigenvalue weighted by Crippen LogP contribution is -2.40. The summed E-state index contributed by atoms with van der Waals surface area (Å²) >= 11 is 0.753. The van der Waals surface area contributed by atoms with Crippen LogP contribution in [0.3, 0.4) is 0 Å². The zero-order chi connectivity index (χ0) is 19.4. The molecule has 0 atom stereocenters. The van der Waals surface area contributed by atoms with Crippen LogP contribution in [0.5, 0.6) is 11.5 Å². The Morgan fingerprint density at radius 1 is 1.22 bits per heavy atom. The smallest absolute Gasteiger partial charge is 0.294 e. The van der Waals surface area contributed by atoms with Crippen LogP contribution in [0.25, 0.3) is 6.08 Å². The Bertz CT molecular complexity index is 907. The Labute approximate surface area is 158 Å². The van der Waals surface area contributed by atoms with Gasteiger partial charge in [-0.25, -0.2) is 0 Å². The van der Waals surface area contributed by atoms with E-state index < -0.39 is 17.1 Å². The van der Waals surface area contributed by atoms with E-state index in [2.05, 4.69) is 5.32 Å². The molecule has 1 fully saturated rings. The van der Waals surface area contributed by atoms with Crippen LogP contribution < -0.4 is 5.32 Å². The Kier molecular flexibility index (Phi) is 5.51. The van der Waals surface area contributed by atoms with Gasteiger partial charge in [0, 0.05) is 12.6 Å². The van der Waals surface area contributed by atoms with Gasteiger partial charge in [-0.2, -0.15) is 0 Å². The maximum atomic E-state index is 12.3. The molecule has 0 spiro atoms. The number of hydrogen-bond acceptors (Lipinski definition) is 7. The first-order valence-electron chi connectivity index (χ1n) is 8.00. The van der Waals surface area contributed by atoms with Crippen LogP contribution in [0.15, 0.2) is 45.9 Å². The second-order valence-corrected chi connectivity index (χ2v) is 6.70. The number of aromatic hydroxyl groups is 2. The first kappa shape index (κ1) is 18.6. The molecular formula is C18H16N2O6S. The third-order valence-electron chi connectivity index (χ3n) is 3.77. The van der Waals surface area contributed by atoms with Gasteiger partial charge in [-0.1, -0.05) is 6.07 Å². The number of benzene rings is 1. The molecule has 1 aliphatic heterocycles. The molecular weight excluding hydrogens is 372 g/mol. The Morgan fingerprint density at radius 2 is 2.04 bits per heavy atom. The van der Waals surface area contributed by atoms with Gasteiger partial charge in [0.1, 0.15) is 12.3 Å². The van der Waals surface area contributed by atoms with E-state index >= 15 is 0 Å². The van der Waals surface area contributed by atoms with Crippen molar-refractivity contribution in [2.75, 3.05) is 13.1 Å². The highest BCUT2D eigenvalue weighted by atomic mass is 32.2. The van der Waals surface area contributed by atoms with Crippen molar-refractivity contribution in [3.63, 3.8) is 0 Å². The molecule has 2 aromatic rings. The van der Waals surface area contributed by atoms with E-state index in [1.54, 1.807) is 18.2 Å². The summed E-state index contributed by atoms with van der Waals surface area (Å²) in [5.41, 5.74) is 0.721.